The van der Waals surface area contributed by atoms with Crippen LogP contribution in [0.2, 0.25) is 0 Å². The molecule has 0 saturated heterocycles. The van der Waals surface area contributed by atoms with E-state index in [0.717, 1.165) is 24.6 Å². The van der Waals surface area contributed by atoms with Crippen LogP contribution in [0.25, 0.3) is 0 Å². The number of ether oxygens (including phenoxy) is 2. The van der Waals surface area contributed by atoms with Gasteiger partial charge in [0.2, 0.25) is 0 Å². The molecule has 0 radical (unpaired) electrons. The second kappa shape index (κ2) is 7.55. The number of aliphatic imine (C=N–C) groups is 2. The molecule has 2 aliphatic heterocycles. The molecule has 140 valence electrons. The maximum atomic E-state index is 5.96. The van der Waals surface area contributed by atoms with E-state index in [2.05, 4.69) is 62.4 Å². The summed E-state index contributed by atoms with van der Waals surface area (Å²) in [4.78, 5) is 9.68. The standard InChI is InChI=1S/C23H26N2O2/c1-23(2,21-24-19(15-26-21)13-17-9-5-3-6-10-17)22-25-20(16-27-22)14-18-11-7-4-8-12-18/h3-12,19-20H,13-16H2,1-2H3/t19-,20+. The molecule has 2 heterocycles. The summed E-state index contributed by atoms with van der Waals surface area (Å²) in [7, 11) is 0. The van der Waals surface area contributed by atoms with E-state index >= 15 is 0 Å². The van der Waals surface area contributed by atoms with E-state index in [1.165, 1.54) is 11.1 Å². The minimum atomic E-state index is -0.434. The van der Waals surface area contributed by atoms with Gasteiger partial charge in [-0.15, -0.1) is 0 Å². The minimum absolute atomic E-state index is 0.156. The highest BCUT2D eigenvalue weighted by molar-refractivity contribution is 6.05. The van der Waals surface area contributed by atoms with Crippen molar-refractivity contribution < 1.29 is 9.47 Å². The highest BCUT2D eigenvalue weighted by Gasteiger charge is 2.41. The SMILES string of the molecule is CC(C)(C1=N[C@@H](Cc2ccccc2)CO1)C1=N[C@H](Cc2ccccc2)CO1. The Morgan fingerprint density at radius 2 is 1.15 bits per heavy atom. The van der Waals surface area contributed by atoms with E-state index in [1.807, 2.05) is 12.1 Å². The molecule has 4 rings (SSSR count). The maximum absolute atomic E-state index is 5.96. The summed E-state index contributed by atoms with van der Waals surface area (Å²) in [5, 5.41) is 0. The molecule has 0 aromatic heterocycles. The van der Waals surface area contributed by atoms with Crippen LogP contribution in [0.5, 0.6) is 0 Å². The average Bonchev–Trinajstić information content (AvgIpc) is 3.34. The molecule has 2 aromatic rings. The van der Waals surface area contributed by atoms with Gasteiger partial charge in [0.1, 0.15) is 18.6 Å². The summed E-state index contributed by atoms with van der Waals surface area (Å²) < 4.78 is 11.9. The highest BCUT2D eigenvalue weighted by Crippen LogP contribution is 2.30. The van der Waals surface area contributed by atoms with E-state index < -0.39 is 5.41 Å². The van der Waals surface area contributed by atoms with Gasteiger partial charge in [0.15, 0.2) is 11.8 Å². The molecule has 0 unspecified atom stereocenters. The zero-order chi connectivity index (χ0) is 18.7. The smallest absolute Gasteiger partial charge is 0.199 e. The number of nitrogens with zero attached hydrogens (tertiary/aromatic N) is 2. The van der Waals surface area contributed by atoms with E-state index in [-0.39, 0.29) is 12.1 Å². The largest absolute Gasteiger partial charge is 0.478 e. The third kappa shape index (κ3) is 4.05. The highest BCUT2D eigenvalue weighted by atomic mass is 16.5. The molecule has 0 N–H and O–H groups in total. The number of hydrogen-bond donors (Lipinski definition) is 0. The zero-order valence-corrected chi connectivity index (χ0v) is 16.0. The Balaban J connectivity index is 1.43. The molecule has 0 bridgehead atoms. The monoisotopic (exact) mass is 362 g/mol. The van der Waals surface area contributed by atoms with Crippen LogP contribution >= 0.6 is 0 Å². The second-order valence-corrected chi connectivity index (χ2v) is 7.80. The fourth-order valence-corrected chi connectivity index (χ4v) is 3.59. The Morgan fingerprint density at radius 3 is 1.56 bits per heavy atom. The van der Waals surface area contributed by atoms with Crippen LogP contribution in [0.4, 0.5) is 0 Å². The van der Waals surface area contributed by atoms with Crippen LogP contribution in [-0.2, 0) is 22.3 Å². The average molecular weight is 362 g/mol. The van der Waals surface area contributed by atoms with Crippen LogP contribution in [-0.4, -0.2) is 37.1 Å². The van der Waals surface area contributed by atoms with Gasteiger partial charge in [-0.2, -0.15) is 0 Å². The van der Waals surface area contributed by atoms with Gasteiger partial charge in [-0.25, -0.2) is 9.98 Å². The van der Waals surface area contributed by atoms with Crippen LogP contribution < -0.4 is 0 Å². The van der Waals surface area contributed by atoms with Gasteiger partial charge in [0.25, 0.3) is 0 Å². The van der Waals surface area contributed by atoms with E-state index in [4.69, 9.17) is 19.5 Å². The molecule has 4 heteroatoms. The summed E-state index contributed by atoms with van der Waals surface area (Å²) >= 11 is 0. The van der Waals surface area contributed by atoms with Crippen molar-refractivity contribution in [3.8, 4) is 0 Å². The third-order valence-electron chi connectivity index (χ3n) is 5.12. The predicted octanol–water partition coefficient (Wildman–Crippen LogP) is 4.09. The van der Waals surface area contributed by atoms with E-state index in [9.17, 15) is 0 Å². The molecular formula is C23H26N2O2. The van der Waals surface area contributed by atoms with Gasteiger partial charge in [0, 0.05) is 0 Å². The lowest BCUT2D eigenvalue weighted by molar-refractivity contribution is 0.263. The topological polar surface area (TPSA) is 43.2 Å². The first kappa shape index (κ1) is 17.8. The molecule has 0 aliphatic carbocycles. The Kier molecular flexibility index (Phi) is 4.97. The quantitative estimate of drug-likeness (QED) is 0.777. The summed E-state index contributed by atoms with van der Waals surface area (Å²) in [6.07, 6.45) is 1.79. The molecule has 2 aliphatic rings. The molecular weight excluding hydrogens is 336 g/mol. The van der Waals surface area contributed by atoms with E-state index in [0.29, 0.717) is 13.2 Å². The van der Waals surface area contributed by atoms with Gasteiger partial charge in [0.05, 0.1) is 12.1 Å². The molecule has 0 amide bonds. The molecule has 2 aromatic carbocycles. The van der Waals surface area contributed by atoms with Crippen LogP contribution in [0.1, 0.15) is 25.0 Å². The number of hydrogen-bond acceptors (Lipinski definition) is 4. The maximum Gasteiger partial charge on any atom is 0.199 e. The van der Waals surface area contributed by atoms with Gasteiger partial charge >= 0.3 is 0 Å². The lowest BCUT2D eigenvalue weighted by Crippen LogP contribution is -2.34. The van der Waals surface area contributed by atoms with Gasteiger partial charge in [-0.1, -0.05) is 60.7 Å². The second-order valence-electron chi connectivity index (χ2n) is 7.80. The molecule has 0 spiro atoms. The van der Waals surface area contributed by atoms with E-state index in [1.54, 1.807) is 0 Å². The normalized spacial score (nSPS) is 22.0. The Bertz CT molecular complexity index is 758. The van der Waals surface area contributed by atoms with Crippen molar-refractivity contribution in [2.24, 2.45) is 15.4 Å². The van der Waals surface area contributed by atoms with Crippen LogP contribution in [0.15, 0.2) is 70.6 Å². The predicted molar refractivity (Wildman–Crippen MR) is 108 cm³/mol. The first-order valence-electron chi connectivity index (χ1n) is 9.61. The first-order valence-corrected chi connectivity index (χ1v) is 9.61. The third-order valence-corrected chi connectivity index (χ3v) is 5.12. The van der Waals surface area contributed by atoms with Crippen molar-refractivity contribution in [2.45, 2.75) is 38.8 Å². The molecule has 2 atom stereocenters. The van der Waals surface area contributed by atoms with Crippen molar-refractivity contribution in [2.75, 3.05) is 13.2 Å². The molecule has 0 fully saturated rings. The molecule has 0 saturated carbocycles. The lowest BCUT2D eigenvalue weighted by Gasteiger charge is -2.22. The fourth-order valence-electron chi connectivity index (χ4n) is 3.59. The zero-order valence-electron chi connectivity index (χ0n) is 16.0. The molecule has 27 heavy (non-hydrogen) atoms. The lowest BCUT2D eigenvalue weighted by atomic mass is 9.93. The molecule has 4 nitrogen and oxygen atoms in total. The summed E-state index contributed by atoms with van der Waals surface area (Å²) in [5.41, 5.74) is 2.13. The Morgan fingerprint density at radius 1 is 0.741 bits per heavy atom. The van der Waals surface area contributed by atoms with Gasteiger partial charge in [-0.3, -0.25) is 0 Å². The van der Waals surface area contributed by atoms with Crippen molar-refractivity contribution >= 4 is 11.8 Å². The van der Waals surface area contributed by atoms with Crippen molar-refractivity contribution in [3.05, 3.63) is 71.8 Å². The number of rotatable bonds is 6. The van der Waals surface area contributed by atoms with Crippen molar-refractivity contribution in [1.29, 1.82) is 0 Å². The Hall–Kier alpha value is -2.62. The van der Waals surface area contributed by atoms with Crippen molar-refractivity contribution in [1.82, 2.24) is 0 Å². The first-order chi connectivity index (χ1) is 13.1. The number of benzene rings is 2. The summed E-state index contributed by atoms with van der Waals surface area (Å²) in [6, 6.07) is 21.2. The summed E-state index contributed by atoms with van der Waals surface area (Å²) in [6.45, 7) is 5.41. The van der Waals surface area contributed by atoms with Crippen molar-refractivity contribution in [3.63, 3.8) is 0 Å². The van der Waals surface area contributed by atoms with Crippen LogP contribution in [0, 0.1) is 5.41 Å². The fraction of sp³-hybridized carbons (Fsp3) is 0.391. The van der Waals surface area contributed by atoms with Crippen LogP contribution in [0.3, 0.4) is 0 Å². The van der Waals surface area contributed by atoms with Gasteiger partial charge < -0.3 is 9.47 Å². The minimum Gasteiger partial charge on any atom is -0.478 e. The Labute approximate surface area is 161 Å². The summed E-state index contributed by atoms with van der Waals surface area (Å²) in [5.74, 6) is 1.48. The van der Waals surface area contributed by atoms with Gasteiger partial charge in [-0.05, 0) is 37.8 Å².